The standard InChI is InChI=1S/C19H19ClF2N2O2/c1-23-7-6-12(10-23)11-24(19(25)26)18-5-3-14(21)9-15(18)13-2-4-17(22)16(20)8-13/h2-5,8-9,12H,6-7,10-11H2,1H3,(H,25,26)/t12-/m1/s1. The molecule has 1 fully saturated rings. The molecule has 0 radical (unpaired) electrons. The lowest BCUT2D eigenvalue weighted by atomic mass is 10.0. The summed E-state index contributed by atoms with van der Waals surface area (Å²) < 4.78 is 27.3. The van der Waals surface area contributed by atoms with Crippen LogP contribution in [0.15, 0.2) is 36.4 Å². The highest BCUT2D eigenvalue weighted by Gasteiger charge is 2.27. The fourth-order valence-corrected chi connectivity index (χ4v) is 3.53. The lowest BCUT2D eigenvalue weighted by Crippen LogP contribution is -2.35. The molecule has 1 aliphatic rings. The van der Waals surface area contributed by atoms with E-state index in [0.29, 0.717) is 23.4 Å². The van der Waals surface area contributed by atoms with Crippen molar-refractivity contribution in [1.82, 2.24) is 4.90 Å². The summed E-state index contributed by atoms with van der Waals surface area (Å²) in [6.45, 7) is 2.04. The van der Waals surface area contributed by atoms with Gasteiger partial charge in [0.2, 0.25) is 0 Å². The first kappa shape index (κ1) is 18.6. The molecule has 1 saturated heterocycles. The van der Waals surface area contributed by atoms with E-state index in [2.05, 4.69) is 4.90 Å². The number of carboxylic acid groups (broad SMARTS) is 1. The first-order valence-corrected chi connectivity index (χ1v) is 8.67. The Bertz CT molecular complexity index is 831. The number of hydrogen-bond acceptors (Lipinski definition) is 2. The van der Waals surface area contributed by atoms with Crippen molar-refractivity contribution in [2.45, 2.75) is 6.42 Å². The lowest BCUT2D eigenvalue weighted by Gasteiger charge is -2.25. The van der Waals surface area contributed by atoms with Crippen molar-refractivity contribution < 1.29 is 18.7 Å². The molecule has 1 atom stereocenters. The van der Waals surface area contributed by atoms with Gasteiger partial charge in [-0.1, -0.05) is 17.7 Å². The molecule has 1 aliphatic heterocycles. The number of anilines is 1. The average molecular weight is 381 g/mol. The van der Waals surface area contributed by atoms with Crippen molar-refractivity contribution in [2.75, 3.05) is 31.6 Å². The molecular weight excluding hydrogens is 362 g/mol. The van der Waals surface area contributed by atoms with Crippen molar-refractivity contribution in [3.8, 4) is 11.1 Å². The summed E-state index contributed by atoms with van der Waals surface area (Å²) in [6, 6.07) is 7.93. The monoisotopic (exact) mass is 380 g/mol. The maximum atomic E-state index is 13.9. The molecule has 0 unspecified atom stereocenters. The van der Waals surface area contributed by atoms with Crippen LogP contribution in [0.3, 0.4) is 0 Å². The number of rotatable bonds is 4. The molecule has 2 aromatic rings. The van der Waals surface area contributed by atoms with Gasteiger partial charge in [0.15, 0.2) is 0 Å². The molecule has 7 heteroatoms. The molecule has 2 aromatic carbocycles. The van der Waals surface area contributed by atoms with Gasteiger partial charge in [0.05, 0.1) is 10.7 Å². The molecule has 1 heterocycles. The topological polar surface area (TPSA) is 43.8 Å². The van der Waals surface area contributed by atoms with Crippen LogP contribution in [0.2, 0.25) is 5.02 Å². The van der Waals surface area contributed by atoms with Crippen molar-refractivity contribution in [2.24, 2.45) is 5.92 Å². The Kier molecular flexibility index (Phi) is 5.44. The van der Waals surface area contributed by atoms with E-state index < -0.39 is 17.7 Å². The SMILES string of the molecule is CN1CC[C@@H](CN(C(=O)O)c2ccc(F)cc2-c2ccc(F)c(Cl)c2)C1. The summed E-state index contributed by atoms with van der Waals surface area (Å²) in [7, 11) is 1.99. The van der Waals surface area contributed by atoms with Crippen molar-refractivity contribution in [3.63, 3.8) is 0 Å². The summed E-state index contributed by atoms with van der Waals surface area (Å²) >= 11 is 5.85. The van der Waals surface area contributed by atoms with Crippen LogP contribution in [0.25, 0.3) is 11.1 Å². The van der Waals surface area contributed by atoms with Gasteiger partial charge >= 0.3 is 6.09 Å². The largest absolute Gasteiger partial charge is 0.465 e. The predicted molar refractivity (Wildman–Crippen MR) is 97.8 cm³/mol. The van der Waals surface area contributed by atoms with E-state index >= 15 is 0 Å². The van der Waals surface area contributed by atoms with Crippen molar-refractivity contribution in [3.05, 3.63) is 53.1 Å². The van der Waals surface area contributed by atoms with E-state index in [0.717, 1.165) is 19.5 Å². The molecule has 0 spiro atoms. The minimum Gasteiger partial charge on any atom is -0.465 e. The van der Waals surface area contributed by atoms with Crippen LogP contribution in [0, 0.1) is 17.6 Å². The molecular formula is C19H19ClF2N2O2. The predicted octanol–water partition coefficient (Wildman–Crippen LogP) is 4.72. The van der Waals surface area contributed by atoms with Crippen LogP contribution in [0.1, 0.15) is 6.42 Å². The van der Waals surface area contributed by atoms with Crippen molar-refractivity contribution in [1.29, 1.82) is 0 Å². The highest BCUT2D eigenvalue weighted by molar-refractivity contribution is 6.31. The Labute approximate surface area is 155 Å². The molecule has 1 amide bonds. The molecule has 138 valence electrons. The highest BCUT2D eigenvalue weighted by atomic mass is 35.5. The smallest absolute Gasteiger partial charge is 0.411 e. The molecule has 0 bridgehead atoms. The summed E-state index contributed by atoms with van der Waals surface area (Å²) in [4.78, 5) is 15.3. The van der Waals surface area contributed by atoms with Gasteiger partial charge in [-0.3, -0.25) is 4.90 Å². The van der Waals surface area contributed by atoms with E-state index in [1.165, 1.54) is 41.3 Å². The Hall–Kier alpha value is -2.18. The van der Waals surface area contributed by atoms with E-state index in [9.17, 15) is 18.7 Å². The zero-order chi connectivity index (χ0) is 18.8. The molecule has 26 heavy (non-hydrogen) atoms. The molecule has 4 nitrogen and oxygen atoms in total. The molecule has 0 saturated carbocycles. The fourth-order valence-electron chi connectivity index (χ4n) is 3.35. The third-order valence-corrected chi connectivity index (χ3v) is 4.93. The summed E-state index contributed by atoms with van der Waals surface area (Å²) in [5.74, 6) is -0.890. The minimum atomic E-state index is -1.11. The Balaban J connectivity index is 2.01. The van der Waals surface area contributed by atoms with Crippen LogP contribution >= 0.6 is 11.6 Å². The number of amides is 1. The van der Waals surface area contributed by atoms with Gasteiger partial charge < -0.3 is 10.0 Å². The van der Waals surface area contributed by atoms with E-state index in [-0.39, 0.29) is 10.9 Å². The van der Waals surface area contributed by atoms with Crippen LogP contribution in [0.5, 0.6) is 0 Å². The highest BCUT2D eigenvalue weighted by Crippen LogP contribution is 2.35. The van der Waals surface area contributed by atoms with Gasteiger partial charge in [0.1, 0.15) is 11.6 Å². The maximum absolute atomic E-state index is 13.9. The average Bonchev–Trinajstić information content (AvgIpc) is 3.00. The third kappa shape index (κ3) is 3.97. The van der Waals surface area contributed by atoms with Gasteiger partial charge in [0, 0.05) is 18.7 Å². The summed E-state index contributed by atoms with van der Waals surface area (Å²) in [5, 5.41) is 9.62. The Morgan fingerprint density at radius 2 is 2.08 bits per heavy atom. The quantitative estimate of drug-likeness (QED) is 0.834. The van der Waals surface area contributed by atoms with Gasteiger partial charge in [-0.25, -0.2) is 13.6 Å². The first-order valence-electron chi connectivity index (χ1n) is 8.29. The Morgan fingerprint density at radius 1 is 1.31 bits per heavy atom. The number of nitrogens with zero attached hydrogens (tertiary/aromatic N) is 2. The van der Waals surface area contributed by atoms with Crippen LogP contribution in [-0.4, -0.2) is 42.8 Å². The minimum absolute atomic E-state index is 0.1000. The number of halogens is 3. The molecule has 0 aliphatic carbocycles. The van der Waals surface area contributed by atoms with Gasteiger partial charge in [-0.05, 0) is 61.8 Å². The normalized spacial score (nSPS) is 17.5. The third-order valence-electron chi connectivity index (χ3n) is 4.64. The number of benzene rings is 2. The zero-order valence-electron chi connectivity index (χ0n) is 14.3. The first-order chi connectivity index (χ1) is 12.3. The molecule has 1 N–H and O–H groups in total. The molecule has 3 rings (SSSR count). The summed E-state index contributed by atoms with van der Waals surface area (Å²) in [5.41, 5.74) is 1.18. The van der Waals surface area contributed by atoms with Crippen LogP contribution in [0.4, 0.5) is 19.3 Å². The number of likely N-dealkylation sites (tertiary alicyclic amines) is 1. The van der Waals surface area contributed by atoms with E-state index in [1.54, 1.807) is 0 Å². The summed E-state index contributed by atoms with van der Waals surface area (Å²) in [6.07, 6.45) is -0.209. The number of hydrogen-bond donors (Lipinski definition) is 1. The zero-order valence-corrected chi connectivity index (χ0v) is 15.0. The van der Waals surface area contributed by atoms with Crippen LogP contribution < -0.4 is 4.90 Å². The van der Waals surface area contributed by atoms with Crippen LogP contribution in [-0.2, 0) is 0 Å². The second-order valence-corrected chi connectivity index (χ2v) is 7.01. The van der Waals surface area contributed by atoms with E-state index in [1.807, 2.05) is 7.05 Å². The maximum Gasteiger partial charge on any atom is 0.411 e. The molecule has 0 aromatic heterocycles. The lowest BCUT2D eigenvalue weighted by molar-refractivity contribution is 0.200. The Morgan fingerprint density at radius 3 is 2.69 bits per heavy atom. The second-order valence-electron chi connectivity index (χ2n) is 6.60. The fraction of sp³-hybridized carbons (Fsp3) is 0.316. The van der Waals surface area contributed by atoms with Gasteiger partial charge in [0.25, 0.3) is 0 Å². The second kappa shape index (κ2) is 7.60. The van der Waals surface area contributed by atoms with E-state index in [4.69, 9.17) is 11.6 Å². The van der Waals surface area contributed by atoms with Gasteiger partial charge in [-0.2, -0.15) is 0 Å². The van der Waals surface area contributed by atoms with Crippen molar-refractivity contribution >= 4 is 23.4 Å². The van der Waals surface area contributed by atoms with Gasteiger partial charge in [-0.15, -0.1) is 0 Å². The number of carbonyl (C=O) groups is 1.